The third-order valence-electron chi connectivity index (χ3n) is 2.90. The van der Waals surface area contributed by atoms with Crippen LogP contribution in [-0.4, -0.2) is 18.9 Å². The molecule has 0 spiro atoms. The highest BCUT2D eigenvalue weighted by atomic mass is 32.1. The molecule has 0 saturated carbocycles. The Hall–Kier alpha value is -1.16. The number of carbonyl (C=O) groups excluding carboxylic acids is 2. The normalized spacial score (nSPS) is 20.1. The molecule has 0 amide bonds. The molecule has 0 radical (unpaired) electrons. The molecule has 86 valence electrons. The zero-order valence-electron chi connectivity index (χ0n) is 9.41. The van der Waals surface area contributed by atoms with Gasteiger partial charge in [-0.3, -0.25) is 9.59 Å². The molecule has 16 heavy (non-hydrogen) atoms. The molecule has 4 heteroatoms. The Morgan fingerprint density at radius 3 is 3.00 bits per heavy atom. The SMILES string of the molecule is COC(=O)C1CCCc2sc(C)cc2C1=O. The molecule has 0 N–H and O–H groups in total. The van der Waals surface area contributed by atoms with Crippen molar-refractivity contribution in [2.45, 2.75) is 26.2 Å². The summed E-state index contributed by atoms with van der Waals surface area (Å²) in [6.45, 7) is 1.99. The number of esters is 1. The number of thiophene rings is 1. The number of aryl methyl sites for hydroxylation is 2. The number of ether oxygens (including phenoxy) is 1. The molecule has 3 nitrogen and oxygen atoms in total. The molecular weight excluding hydrogens is 224 g/mol. The number of hydrogen-bond donors (Lipinski definition) is 0. The zero-order chi connectivity index (χ0) is 11.7. The molecule has 0 bridgehead atoms. The average molecular weight is 238 g/mol. The van der Waals surface area contributed by atoms with Gasteiger partial charge in [0.1, 0.15) is 5.92 Å². The van der Waals surface area contributed by atoms with Crippen molar-refractivity contribution in [1.82, 2.24) is 0 Å². The minimum absolute atomic E-state index is 0.0660. The maximum Gasteiger partial charge on any atom is 0.316 e. The van der Waals surface area contributed by atoms with Crippen molar-refractivity contribution < 1.29 is 14.3 Å². The summed E-state index contributed by atoms with van der Waals surface area (Å²) in [6, 6.07) is 1.89. The summed E-state index contributed by atoms with van der Waals surface area (Å²) in [4.78, 5) is 25.9. The molecule has 1 unspecified atom stereocenters. The highest BCUT2D eigenvalue weighted by Crippen LogP contribution is 2.31. The number of carbonyl (C=O) groups is 2. The van der Waals surface area contributed by atoms with Crippen LogP contribution in [0.1, 0.15) is 33.0 Å². The molecule has 1 aliphatic carbocycles. The Kier molecular flexibility index (Phi) is 3.10. The Balaban J connectivity index is 2.36. The lowest BCUT2D eigenvalue weighted by Crippen LogP contribution is -2.24. The van der Waals surface area contributed by atoms with Gasteiger partial charge in [0.15, 0.2) is 5.78 Å². The average Bonchev–Trinajstić information content (AvgIpc) is 2.57. The van der Waals surface area contributed by atoms with E-state index in [1.54, 1.807) is 11.3 Å². The van der Waals surface area contributed by atoms with Crippen LogP contribution in [0.2, 0.25) is 0 Å². The van der Waals surface area contributed by atoms with Crippen LogP contribution in [0, 0.1) is 12.8 Å². The van der Waals surface area contributed by atoms with Gasteiger partial charge < -0.3 is 4.74 Å². The maximum atomic E-state index is 12.2. The van der Waals surface area contributed by atoms with E-state index in [1.165, 1.54) is 7.11 Å². The monoisotopic (exact) mass is 238 g/mol. The summed E-state index contributed by atoms with van der Waals surface area (Å²) in [5.41, 5.74) is 0.732. The highest BCUT2D eigenvalue weighted by Gasteiger charge is 2.32. The Bertz CT molecular complexity index is 433. The Morgan fingerprint density at radius 1 is 1.56 bits per heavy atom. The zero-order valence-corrected chi connectivity index (χ0v) is 10.2. The molecule has 1 aliphatic rings. The molecule has 1 aromatic heterocycles. The Morgan fingerprint density at radius 2 is 2.31 bits per heavy atom. The molecule has 1 heterocycles. The lowest BCUT2D eigenvalue weighted by molar-refractivity contribution is -0.143. The number of hydrogen-bond acceptors (Lipinski definition) is 4. The van der Waals surface area contributed by atoms with E-state index in [4.69, 9.17) is 0 Å². The number of rotatable bonds is 1. The third-order valence-corrected chi connectivity index (χ3v) is 4.01. The minimum atomic E-state index is -0.597. The van der Waals surface area contributed by atoms with Crippen LogP contribution in [0.25, 0.3) is 0 Å². The second-order valence-electron chi connectivity index (χ2n) is 4.03. The molecule has 0 aromatic carbocycles. The van der Waals surface area contributed by atoms with Gasteiger partial charge in [0, 0.05) is 15.3 Å². The molecule has 1 atom stereocenters. The van der Waals surface area contributed by atoms with E-state index in [9.17, 15) is 9.59 Å². The molecular formula is C12H14O3S. The lowest BCUT2D eigenvalue weighted by atomic mass is 9.97. The van der Waals surface area contributed by atoms with E-state index in [0.717, 1.165) is 28.2 Å². The van der Waals surface area contributed by atoms with E-state index in [1.807, 2.05) is 13.0 Å². The quantitative estimate of drug-likeness (QED) is 0.428. The van der Waals surface area contributed by atoms with Crippen molar-refractivity contribution in [3.63, 3.8) is 0 Å². The number of ketones is 1. The van der Waals surface area contributed by atoms with Crippen LogP contribution in [0.5, 0.6) is 0 Å². The van der Waals surface area contributed by atoms with Gasteiger partial charge in [-0.1, -0.05) is 0 Å². The fraction of sp³-hybridized carbons (Fsp3) is 0.500. The first-order valence-electron chi connectivity index (χ1n) is 5.35. The molecule has 0 aliphatic heterocycles. The minimum Gasteiger partial charge on any atom is -0.468 e. The van der Waals surface area contributed by atoms with Crippen LogP contribution in [-0.2, 0) is 16.0 Å². The van der Waals surface area contributed by atoms with E-state index in [-0.39, 0.29) is 5.78 Å². The van der Waals surface area contributed by atoms with E-state index >= 15 is 0 Å². The summed E-state index contributed by atoms with van der Waals surface area (Å²) in [5.74, 6) is -1.06. The number of methoxy groups -OCH3 is 1. The molecule has 2 rings (SSSR count). The first kappa shape index (κ1) is 11.3. The molecule has 1 aromatic rings. The third kappa shape index (κ3) is 1.89. The van der Waals surface area contributed by atoms with Crippen LogP contribution in [0.3, 0.4) is 0 Å². The van der Waals surface area contributed by atoms with Crippen molar-refractivity contribution in [3.05, 3.63) is 21.4 Å². The standard InChI is InChI=1S/C12H14O3S/c1-7-6-9-10(16-7)5-3-4-8(11(9)13)12(14)15-2/h6,8H,3-5H2,1-2H3. The summed E-state index contributed by atoms with van der Waals surface area (Å²) in [6.07, 6.45) is 2.37. The number of fused-ring (bicyclic) bond motifs is 1. The summed E-state index contributed by atoms with van der Waals surface area (Å²) >= 11 is 1.66. The van der Waals surface area contributed by atoms with Crippen LogP contribution in [0.15, 0.2) is 6.07 Å². The lowest BCUT2D eigenvalue weighted by Gasteiger charge is -2.09. The van der Waals surface area contributed by atoms with E-state index in [0.29, 0.717) is 6.42 Å². The van der Waals surface area contributed by atoms with Gasteiger partial charge in [0.2, 0.25) is 0 Å². The second-order valence-corrected chi connectivity index (χ2v) is 5.37. The topological polar surface area (TPSA) is 43.4 Å². The largest absolute Gasteiger partial charge is 0.468 e. The fourth-order valence-corrected chi connectivity index (χ4v) is 3.19. The van der Waals surface area contributed by atoms with Gasteiger partial charge in [0.25, 0.3) is 0 Å². The molecule has 0 saturated heterocycles. The maximum absolute atomic E-state index is 12.2. The van der Waals surface area contributed by atoms with Crippen molar-refractivity contribution in [2.75, 3.05) is 7.11 Å². The molecule has 0 fully saturated rings. The van der Waals surface area contributed by atoms with Crippen molar-refractivity contribution in [2.24, 2.45) is 5.92 Å². The van der Waals surface area contributed by atoms with Gasteiger partial charge >= 0.3 is 5.97 Å². The smallest absolute Gasteiger partial charge is 0.316 e. The second kappa shape index (κ2) is 4.37. The Labute approximate surface area is 98.4 Å². The van der Waals surface area contributed by atoms with Crippen molar-refractivity contribution in [1.29, 1.82) is 0 Å². The van der Waals surface area contributed by atoms with E-state index < -0.39 is 11.9 Å². The van der Waals surface area contributed by atoms with Gasteiger partial charge in [0.05, 0.1) is 7.11 Å². The van der Waals surface area contributed by atoms with Crippen molar-refractivity contribution >= 4 is 23.1 Å². The van der Waals surface area contributed by atoms with Gasteiger partial charge in [-0.25, -0.2) is 0 Å². The van der Waals surface area contributed by atoms with Gasteiger partial charge in [-0.15, -0.1) is 11.3 Å². The van der Waals surface area contributed by atoms with Crippen LogP contribution >= 0.6 is 11.3 Å². The van der Waals surface area contributed by atoms with Gasteiger partial charge in [-0.05, 0) is 32.3 Å². The first-order valence-corrected chi connectivity index (χ1v) is 6.16. The van der Waals surface area contributed by atoms with Crippen LogP contribution < -0.4 is 0 Å². The van der Waals surface area contributed by atoms with Crippen LogP contribution in [0.4, 0.5) is 0 Å². The first-order chi connectivity index (χ1) is 7.63. The van der Waals surface area contributed by atoms with Crippen molar-refractivity contribution in [3.8, 4) is 0 Å². The fourth-order valence-electron chi connectivity index (χ4n) is 2.11. The van der Waals surface area contributed by atoms with E-state index in [2.05, 4.69) is 4.74 Å². The summed E-state index contributed by atoms with van der Waals surface area (Å²) in [7, 11) is 1.33. The highest BCUT2D eigenvalue weighted by molar-refractivity contribution is 7.12. The summed E-state index contributed by atoms with van der Waals surface area (Å²) < 4.78 is 4.68. The van der Waals surface area contributed by atoms with Gasteiger partial charge in [-0.2, -0.15) is 0 Å². The number of Topliss-reactive ketones (excluding diaryl/α,β-unsaturated/α-hetero) is 1. The predicted octanol–water partition coefficient (Wildman–Crippen LogP) is 2.36. The predicted molar refractivity (Wildman–Crippen MR) is 61.8 cm³/mol. The summed E-state index contributed by atoms with van der Waals surface area (Å²) in [5, 5.41) is 0.